The molecule has 0 saturated carbocycles. The molecule has 0 heterocycles. The number of aryl methyl sites for hydroxylation is 2. The largest absolute Gasteiger partial charge is 0.480 e. The quantitative estimate of drug-likeness (QED) is 0.804. The molecule has 0 amide bonds. The van der Waals surface area contributed by atoms with Crippen LogP contribution in [0.3, 0.4) is 0 Å². The number of fused-ring (bicyclic) bond motifs is 1. The highest BCUT2D eigenvalue weighted by Crippen LogP contribution is 2.24. The average Bonchev–Trinajstić information content (AvgIpc) is 2.46. The molecule has 1 aliphatic carbocycles. The minimum Gasteiger partial charge on any atom is -0.480 e. The first-order valence-electron chi connectivity index (χ1n) is 6.74. The molecule has 1 atom stereocenters. The number of terminal acetylenes is 1. The Kier molecular flexibility index (Phi) is 4.66. The van der Waals surface area contributed by atoms with Gasteiger partial charge in [-0.3, -0.25) is 4.79 Å². The molecule has 21 heavy (non-hydrogen) atoms. The second kappa shape index (κ2) is 6.29. The average molecular weight is 307 g/mol. The van der Waals surface area contributed by atoms with E-state index in [1.807, 2.05) is 0 Å². The number of carboxylic acids is 1. The molecule has 1 unspecified atom stereocenters. The molecule has 1 aromatic rings. The van der Waals surface area contributed by atoms with Gasteiger partial charge in [-0.2, -0.15) is 4.72 Å². The van der Waals surface area contributed by atoms with Crippen LogP contribution in [0.1, 0.15) is 30.4 Å². The van der Waals surface area contributed by atoms with Crippen molar-refractivity contribution in [1.82, 2.24) is 4.72 Å². The number of sulfonamides is 1. The first kappa shape index (κ1) is 15.5. The third-order valence-corrected chi connectivity index (χ3v) is 5.02. The second-order valence-corrected chi connectivity index (χ2v) is 6.77. The van der Waals surface area contributed by atoms with Crippen LogP contribution < -0.4 is 4.72 Å². The van der Waals surface area contributed by atoms with E-state index >= 15 is 0 Å². The van der Waals surface area contributed by atoms with Crippen molar-refractivity contribution in [3.05, 3.63) is 29.3 Å². The molecule has 1 aromatic carbocycles. The second-order valence-electron chi connectivity index (χ2n) is 5.06. The molecule has 0 radical (unpaired) electrons. The van der Waals surface area contributed by atoms with Crippen molar-refractivity contribution in [1.29, 1.82) is 0 Å². The molecular weight excluding hydrogens is 290 g/mol. The zero-order valence-corrected chi connectivity index (χ0v) is 12.3. The van der Waals surface area contributed by atoms with Gasteiger partial charge < -0.3 is 5.11 Å². The smallest absolute Gasteiger partial charge is 0.322 e. The van der Waals surface area contributed by atoms with Crippen molar-refractivity contribution in [2.75, 3.05) is 0 Å². The fourth-order valence-electron chi connectivity index (χ4n) is 2.43. The molecule has 5 nitrogen and oxygen atoms in total. The summed E-state index contributed by atoms with van der Waals surface area (Å²) < 4.78 is 26.7. The molecule has 0 bridgehead atoms. The summed E-state index contributed by atoms with van der Waals surface area (Å²) in [5.74, 6) is 0.882. The number of carboxylic acid groups (broad SMARTS) is 1. The summed E-state index contributed by atoms with van der Waals surface area (Å²) in [6, 6.07) is 3.64. The van der Waals surface area contributed by atoms with Crippen LogP contribution in [0.5, 0.6) is 0 Å². The van der Waals surface area contributed by atoms with Gasteiger partial charge in [-0.05, 0) is 48.9 Å². The monoisotopic (exact) mass is 307 g/mol. The highest BCUT2D eigenvalue weighted by molar-refractivity contribution is 7.89. The maximum atomic E-state index is 12.3. The van der Waals surface area contributed by atoms with E-state index in [1.165, 1.54) is 11.6 Å². The van der Waals surface area contributed by atoms with Gasteiger partial charge in [0.1, 0.15) is 6.04 Å². The predicted octanol–water partition coefficient (Wildman–Crippen LogP) is 1.32. The Morgan fingerprint density at radius 1 is 1.33 bits per heavy atom. The lowest BCUT2D eigenvalue weighted by molar-refractivity contribution is -0.138. The molecule has 0 saturated heterocycles. The number of hydrogen-bond donors (Lipinski definition) is 2. The maximum Gasteiger partial charge on any atom is 0.322 e. The predicted molar refractivity (Wildman–Crippen MR) is 78.3 cm³/mol. The summed E-state index contributed by atoms with van der Waals surface area (Å²) in [6.07, 6.45) is 8.83. The lowest BCUT2D eigenvalue weighted by Crippen LogP contribution is -2.40. The van der Waals surface area contributed by atoms with E-state index in [-0.39, 0.29) is 11.3 Å². The minimum absolute atomic E-state index is 0.0893. The Hall–Kier alpha value is -1.84. The van der Waals surface area contributed by atoms with Gasteiger partial charge in [0.2, 0.25) is 10.0 Å². The molecule has 2 N–H and O–H groups in total. The van der Waals surface area contributed by atoms with E-state index in [9.17, 15) is 13.2 Å². The summed E-state index contributed by atoms with van der Waals surface area (Å²) in [5.41, 5.74) is 2.19. The lowest BCUT2D eigenvalue weighted by Gasteiger charge is -2.18. The van der Waals surface area contributed by atoms with E-state index in [0.717, 1.165) is 31.2 Å². The number of benzene rings is 1. The first-order chi connectivity index (χ1) is 9.94. The Morgan fingerprint density at radius 3 is 2.62 bits per heavy atom. The standard InChI is InChI=1S/C15H17NO4S/c1-2-5-14(15(17)18)16-21(19,20)13-9-8-11-6-3-4-7-12(11)10-13/h1,8-10,14,16H,3-7H2,(H,17,18). The van der Waals surface area contributed by atoms with Gasteiger partial charge >= 0.3 is 5.97 Å². The number of aliphatic carboxylic acids is 1. The minimum atomic E-state index is -3.89. The summed E-state index contributed by atoms with van der Waals surface area (Å²) in [4.78, 5) is 11.1. The number of carbonyl (C=O) groups is 1. The SMILES string of the molecule is C#CCC(NS(=O)(=O)c1ccc2c(c1)CCCC2)C(=O)O. The van der Waals surface area contributed by atoms with E-state index < -0.39 is 22.0 Å². The van der Waals surface area contributed by atoms with Crippen LogP contribution in [0.15, 0.2) is 23.1 Å². The summed E-state index contributed by atoms with van der Waals surface area (Å²) in [6.45, 7) is 0. The van der Waals surface area contributed by atoms with Gasteiger partial charge in [0.15, 0.2) is 0 Å². The highest BCUT2D eigenvalue weighted by atomic mass is 32.2. The summed E-state index contributed by atoms with van der Waals surface area (Å²) in [5, 5.41) is 8.98. The molecule has 6 heteroatoms. The van der Waals surface area contributed by atoms with Crippen LogP contribution in [0.4, 0.5) is 0 Å². The molecule has 0 aromatic heterocycles. The third kappa shape index (κ3) is 3.63. The number of hydrogen-bond acceptors (Lipinski definition) is 3. The van der Waals surface area contributed by atoms with Crippen molar-refractivity contribution in [3.8, 4) is 12.3 Å². The van der Waals surface area contributed by atoms with E-state index in [4.69, 9.17) is 11.5 Å². The highest BCUT2D eigenvalue weighted by Gasteiger charge is 2.25. The summed E-state index contributed by atoms with van der Waals surface area (Å²) in [7, 11) is -3.89. The Morgan fingerprint density at radius 2 is 2.00 bits per heavy atom. The van der Waals surface area contributed by atoms with Crippen molar-refractivity contribution in [2.24, 2.45) is 0 Å². The molecular formula is C15H17NO4S. The van der Waals surface area contributed by atoms with Gasteiger partial charge in [0.05, 0.1) is 4.90 Å². The fourth-order valence-corrected chi connectivity index (χ4v) is 3.67. The van der Waals surface area contributed by atoms with Crippen molar-refractivity contribution >= 4 is 16.0 Å². The number of rotatable bonds is 5. The zero-order valence-electron chi connectivity index (χ0n) is 11.5. The van der Waals surface area contributed by atoms with Crippen molar-refractivity contribution in [2.45, 2.75) is 43.0 Å². The van der Waals surface area contributed by atoms with Crippen molar-refractivity contribution in [3.63, 3.8) is 0 Å². The van der Waals surface area contributed by atoms with Gasteiger partial charge in [-0.15, -0.1) is 12.3 Å². The van der Waals surface area contributed by atoms with Crippen LogP contribution in [-0.2, 0) is 27.7 Å². The van der Waals surface area contributed by atoms with Gasteiger partial charge in [-0.1, -0.05) is 6.07 Å². The van der Waals surface area contributed by atoms with Crippen LogP contribution in [0.2, 0.25) is 0 Å². The van der Waals surface area contributed by atoms with Gasteiger partial charge in [0.25, 0.3) is 0 Å². The van der Waals surface area contributed by atoms with Crippen LogP contribution in [-0.4, -0.2) is 25.5 Å². The fraction of sp³-hybridized carbons (Fsp3) is 0.400. The molecule has 0 fully saturated rings. The van der Waals surface area contributed by atoms with Gasteiger partial charge in [-0.25, -0.2) is 8.42 Å². The summed E-state index contributed by atoms with van der Waals surface area (Å²) >= 11 is 0. The molecule has 1 aliphatic rings. The molecule has 112 valence electrons. The van der Waals surface area contributed by atoms with Crippen molar-refractivity contribution < 1.29 is 18.3 Å². The Balaban J connectivity index is 2.27. The van der Waals surface area contributed by atoms with E-state index in [1.54, 1.807) is 12.1 Å². The van der Waals surface area contributed by atoms with Crippen LogP contribution >= 0.6 is 0 Å². The van der Waals surface area contributed by atoms with E-state index in [2.05, 4.69) is 10.6 Å². The normalized spacial score (nSPS) is 15.8. The third-order valence-electron chi connectivity index (χ3n) is 3.55. The molecule has 0 aliphatic heterocycles. The van der Waals surface area contributed by atoms with E-state index in [0.29, 0.717) is 0 Å². The van der Waals surface area contributed by atoms with Gasteiger partial charge in [0, 0.05) is 6.42 Å². The molecule has 2 rings (SSSR count). The Bertz CT molecular complexity index is 688. The Labute approximate surface area is 124 Å². The first-order valence-corrected chi connectivity index (χ1v) is 8.23. The molecule has 0 spiro atoms. The maximum absolute atomic E-state index is 12.3. The lowest BCUT2D eigenvalue weighted by atomic mass is 9.92. The number of nitrogens with one attached hydrogen (secondary N) is 1. The topological polar surface area (TPSA) is 83.5 Å². The van der Waals surface area contributed by atoms with Crippen LogP contribution in [0.25, 0.3) is 0 Å². The van der Waals surface area contributed by atoms with Crippen LogP contribution in [0, 0.1) is 12.3 Å². The zero-order chi connectivity index (χ0) is 15.5.